The molecule has 1 saturated heterocycles. The Hall–Kier alpha value is -2.08. The van der Waals surface area contributed by atoms with Crippen molar-refractivity contribution in [1.82, 2.24) is 14.2 Å². The largest absolute Gasteiger partial charge is 0.379 e. The molecule has 3 aromatic rings. The van der Waals surface area contributed by atoms with E-state index in [1.54, 1.807) is 30.9 Å². The molecule has 0 saturated carbocycles. The number of carbonyl (C=O) groups excluding carboxylic acids is 1. The van der Waals surface area contributed by atoms with Crippen molar-refractivity contribution in [3.05, 3.63) is 52.5 Å². The minimum Gasteiger partial charge on any atom is -0.379 e. The maximum absolute atomic E-state index is 13.7. The topological polar surface area (TPSA) is 83.1 Å². The summed E-state index contributed by atoms with van der Waals surface area (Å²) in [7, 11) is -3.60. The molecule has 1 aliphatic rings. The normalized spacial score (nSPS) is 14.9. The van der Waals surface area contributed by atoms with Gasteiger partial charge in [0.1, 0.15) is 0 Å². The van der Waals surface area contributed by atoms with Crippen LogP contribution >= 0.6 is 22.9 Å². The van der Waals surface area contributed by atoms with Crippen LogP contribution in [0.2, 0.25) is 5.02 Å². The summed E-state index contributed by atoms with van der Waals surface area (Å²) < 4.78 is 33.6. The molecule has 4 rings (SSSR count). The molecule has 0 unspecified atom stereocenters. The molecular formula is C26H33ClN4O4S2. The number of aromatic nitrogens is 1. The Morgan fingerprint density at radius 3 is 2.43 bits per heavy atom. The third-order valence-corrected chi connectivity index (χ3v) is 10.1. The maximum atomic E-state index is 13.7. The van der Waals surface area contributed by atoms with Crippen molar-refractivity contribution in [2.45, 2.75) is 32.1 Å². The van der Waals surface area contributed by atoms with Gasteiger partial charge in [0, 0.05) is 49.9 Å². The van der Waals surface area contributed by atoms with Crippen LogP contribution in [0.15, 0.2) is 41.3 Å². The quantitative estimate of drug-likeness (QED) is 0.356. The molecule has 0 atom stereocenters. The van der Waals surface area contributed by atoms with E-state index in [-0.39, 0.29) is 10.8 Å². The number of benzene rings is 2. The highest BCUT2D eigenvalue weighted by Gasteiger charge is 2.25. The molecule has 1 amide bonds. The molecule has 1 aliphatic heterocycles. The molecule has 2 heterocycles. The van der Waals surface area contributed by atoms with Gasteiger partial charge in [0.25, 0.3) is 5.91 Å². The molecule has 1 fully saturated rings. The number of hydrogen-bond donors (Lipinski definition) is 0. The monoisotopic (exact) mass is 564 g/mol. The number of amides is 1. The summed E-state index contributed by atoms with van der Waals surface area (Å²) in [5.74, 6) is -0.212. The van der Waals surface area contributed by atoms with Gasteiger partial charge in [-0.15, -0.1) is 0 Å². The van der Waals surface area contributed by atoms with Crippen molar-refractivity contribution in [3.8, 4) is 0 Å². The SMILES string of the molecule is CCN(CC)S(=O)(=O)c1ccc(C(=O)N(CCCN2CCOCC2)c2nc3c(C)c(Cl)ccc3s2)cc1. The van der Waals surface area contributed by atoms with Gasteiger partial charge in [-0.3, -0.25) is 14.6 Å². The van der Waals surface area contributed by atoms with Gasteiger partial charge in [0.15, 0.2) is 5.13 Å². The lowest BCUT2D eigenvalue weighted by atomic mass is 10.2. The van der Waals surface area contributed by atoms with E-state index in [0.29, 0.717) is 35.4 Å². The van der Waals surface area contributed by atoms with Crippen LogP contribution in [0.3, 0.4) is 0 Å². The van der Waals surface area contributed by atoms with Crippen molar-refractivity contribution in [2.24, 2.45) is 0 Å². The van der Waals surface area contributed by atoms with Crippen LogP contribution in [-0.2, 0) is 14.8 Å². The molecule has 200 valence electrons. The van der Waals surface area contributed by atoms with Gasteiger partial charge in [-0.1, -0.05) is 36.8 Å². The van der Waals surface area contributed by atoms with Crippen LogP contribution < -0.4 is 4.90 Å². The number of aryl methyl sites for hydroxylation is 1. The predicted octanol–water partition coefficient (Wildman–Crippen LogP) is 4.66. The molecule has 0 bridgehead atoms. The van der Waals surface area contributed by atoms with E-state index < -0.39 is 10.0 Å². The minimum atomic E-state index is -3.60. The Kier molecular flexibility index (Phi) is 9.20. The zero-order chi connectivity index (χ0) is 26.6. The molecule has 2 aromatic carbocycles. The Morgan fingerprint density at radius 1 is 1.11 bits per heavy atom. The first-order valence-electron chi connectivity index (χ1n) is 12.5. The Morgan fingerprint density at radius 2 is 1.78 bits per heavy atom. The van der Waals surface area contributed by atoms with Gasteiger partial charge in [0.2, 0.25) is 10.0 Å². The lowest BCUT2D eigenvalue weighted by Gasteiger charge is -2.27. The number of thiazole rings is 1. The third-order valence-electron chi connectivity index (χ3n) is 6.62. The van der Waals surface area contributed by atoms with E-state index >= 15 is 0 Å². The summed E-state index contributed by atoms with van der Waals surface area (Å²) in [4.78, 5) is 22.7. The smallest absolute Gasteiger partial charge is 0.260 e. The summed E-state index contributed by atoms with van der Waals surface area (Å²) in [5, 5.41) is 1.24. The molecule has 11 heteroatoms. The summed E-state index contributed by atoms with van der Waals surface area (Å²) in [6.07, 6.45) is 0.774. The van der Waals surface area contributed by atoms with E-state index in [1.807, 2.05) is 19.1 Å². The molecule has 1 aromatic heterocycles. The predicted molar refractivity (Wildman–Crippen MR) is 149 cm³/mol. The van der Waals surface area contributed by atoms with Crippen LogP contribution in [0.1, 0.15) is 36.2 Å². The zero-order valence-electron chi connectivity index (χ0n) is 21.4. The highest BCUT2D eigenvalue weighted by atomic mass is 35.5. The van der Waals surface area contributed by atoms with Crippen LogP contribution in [-0.4, -0.2) is 81.0 Å². The highest BCUT2D eigenvalue weighted by molar-refractivity contribution is 7.89. The van der Waals surface area contributed by atoms with Crippen molar-refractivity contribution >= 4 is 54.2 Å². The first-order chi connectivity index (χ1) is 17.8. The Balaban J connectivity index is 1.61. The van der Waals surface area contributed by atoms with Gasteiger partial charge in [0.05, 0.1) is 28.3 Å². The van der Waals surface area contributed by atoms with Crippen molar-refractivity contribution < 1.29 is 17.9 Å². The van der Waals surface area contributed by atoms with Crippen molar-refractivity contribution in [1.29, 1.82) is 0 Å². The molecule has 0 spiro atoms. The minimum absolute atomic E-state index is 0.178. The van der Waals surface area contributed by atoms with E-state index in [1.165, 1.54) is 27.8 Å². The molecule has 0 N–H and O–H groups in total. The number of fused-ring (bicyclic) bond motifs is 1. The van der Waals surface area contributed by atoms with E-state index in [4.69, 9.17) is 21.3 Å². The lowest BCUT2D eigenvalue weighted by molar-refractivity contribution is 0.0376. The van der Waals surface area contributed by atoms with Crippen LogP contribution in [0, 0.1) is 6.92 Å². The third kappa shape index (κ3) is 6.16. The number of sulfonamides is 1. The number of hydrogen-bond acceptors (Lipinski definition) is 7. The fraction of sp³-hybridized carbons (Fsp3) is 0.462. The average molecular weight is 565 g/mol. The summed E-state index contributed by atoms with van der Waals surface area (Å²) >= 11 is 7.77. The van der Waals surface area contributed by atoms with E-state index in [0.717, 1.165) is 55.0 Å². The second kappa shape index (κ2) is 12.2. The van der Waals surface area contributed by atoms with Gasteiger partial charge >= 0.3 is 0 Å². The molecule has 0 aliphatic carbocycles. The van der Waals surface area contributed by atoms with Crippen LogP contribution in [0.5, 0.6) is 0 Å². The zero-order valence-corrected chi connectivity index (χ0v) is 23.8. The molecule has 37 heavy (non-hydrogen) atoms. The number of nitrogens with zero attached hydrogens (tertiary/aromatic N) is 4. The summed E-state index contributed by atoms with van der Waals surface area (Å²) in [6.45, 7) is 10.9. The second-order valence-corrected chi connectivity index (χ2v) is 12.2. The number of morpholine rings is 1. The van der Waals surface area contributed by atoms with Gasteiger partial charge in [-0.05, 0) is 55.3 Å². The average Bonchev–Trinajstić information content (AvgIpc) is 3.34. The first-order valence-corrected chi connectivity index (χ1v) is 15.2. The number of ether oxygens (including phenoxy) is 1. The highest BCUT2D eigenvalue weighted by Crippen LogP contribution is 2.34. The number of anilines is 1. The van der Waals surface area contributed by atoms with Gasteiger partial charge < -0.3 is 4.74 Å². The Bertz CT molecular complexity index is 1330. The van der Waals surface area contributed by atoms with Crippen LogP contribution in [0.4, 0.5) is 5.13 Å². The molecular weight excluding hydrogens is 532 g/mol. The molecule has 8 nitrogen and oxygen atoms in total. The number of halogens is 1. The van der Waals surface area contributed by atoms with Crippen LogP contribution in [0.25, 0.3) is 10.2 Å². The lowest BCUT2D eigenvalue weighted by Crippen LogP contribution is -2.39. The maximum Gasteiger partial charge on any atom is 0.260 e. The second-order valence-electron chi connectivity index (χ2n) is 8.89. The van der Waals surface area contributed by atoms with E-state index in [9.17, 15) is 13.2 Å². The van der Waals surface area contributed by atoms with E-state index in [2.05, 4.69) is 4.90 Å². The fourth-order valence-corrected chi connectivity index (χ4v) is 7.06. The number of carbonyl (C=O) groups is 1. The van der Waals surface area contributed by atoms with Gasteiger partial charge in [-0.2, -0.15) is 4.31 Å². The first kappa shape index (κ1) is 27.9. The summed E-state index contributed by atoms with van der Waals surface area (Å²) in [5.41, 5.74) is 2.09. The fourth-order valence-electron chi connectivity index (χ4n) is 4.40. The van der Waals surface area contributed by atoms with Crippen molar-refractivity contribution in [2.75, 3.05) is 57.4 Å². The Labute approximate surface area is 227 Å². The summed E-state index contributed by atoms with van der Waals surface area (Å²) in [6, 6.07) is 9.96. The van der Waals surface area contributed by atoms with Crippen molar-refractivity contribution in [3.63, 3.8) is 0 Å². The van der Waals surface area contributed by atoms with Gasteiger partial charge in [-0.25, -0.2) is 13.4 Å². The molecule has 0 radical (unpaired) electrons. The standard InChI is InChI=1S/C26H33ClN4O4S2/c1-4-30(5-2)37(33,34)21-9-7-20(8-10-21)25(32)31(14-6-13-29-15-17-35-18-16-29)26-28-24-19(3)22(27)11-12-23(24)36-26/h7-12H,4-6,13-18H2,1-3H3. The number of rotatable bonds is 10.